The smallest absolute Gasteiger partial charge is 0.287 e. The van der Waals surface area contributed by atoms with E-state index in [0.717, 1.165) is 36.6 Å². The van der Waals surface area contributed by atoms with Crippen LogP contribution in [-0.4, -0.2) is 20.7 Å². The van der Waals surface area contributed by atoms with E-state index in [-0.39, 0.29) is 11.9 Å². The number of furan rings is 1. The highest BCUT2D eigenvalue weighted by atomic mass is 16.3. The number of aryl methyl sites for hydroxylation is 2. The van der Waals surface area contributed by atoms with Crippen molar-refractivity contribution in [2.45, 2.75) is 39.3 Å². The number of amides is 1. The van der Waals surface area contributed by atoms with Gasteiger partial charge >= 0.3 is 0 Å². The van der Waals surface area contributed by atoms with Gasteiger partial charge in [0.1, 0.15) is 5.82 Å². The van der Waals surface area contributed by atoms with Crippen LogP contribution in [0.1, 0.15) is 47.2 Å². The summed E-state index contributed by atoms with van der Waals surface area (Å²) in [5, 5.41) is 11.2. The minimum Gasteiger partial charge on any atom is -0.459 e. The SMILES string of the molecule is Cc1ccoc1C(=O)N[C@H](C)c1nnc2n1CCC2. The minimum absolute atomic E-state index is 0.184. The summed E-state index contributed by atoms with van der Waals surface area (Å²) < 4.78 is 7.27. The number of nitrogens with zero attached hydrogens (tertiary/aromatic N) is 3. The van der Waals surface area contributed by atoms with Gasteiger partial charge in [0.15, 0.2) is 11.6 Å². The standard InChI is InChI=1S/C13H16N4O2/c1-8-5-7-19-11(8)13(18)14-9(2)12-16-15-10-4-3-6-17(10)12/h5,7,9H,3-4,6H2,1-2H3,(H,14,18)/t9-/m1/s1. The van der Waals surface area contributed by atoms with Crippen molar-refractivity contribution in [2.75, 3.05) is 0 Å². The normalized spacial score (nSPS) is 15.3. The number of aromatic nitrogens is 3. The molecule has 0 aliphatic carbocycles. The lowest BCUT2D eigenvalue weighted by Crippen LogP contribution is -2.28. The summed E-state index contributed by atoms with van der Waals surface area (Å²) >= 11 is 0. The van der Waals surface area contributed by atoms with E-state index in [1.165, 1.54) is 6.26 Å². The lowest BCUT2D eigenvalue weighted by Gasteiger charge is -2.13. The molecule has 3 rings (SSSR count). The van der Waals surface area contributed by atoms with Gasteiger partial charge in [0.05, 0.1) is 12.3 Å². The molecule has 0 radical (unpaired) electrons. The number of nitrogens with one attached hydrogen (secondary N) is 1. The zero-order chi connectivity index (χ0) is 13.4. The summed E-state index contributed by atoms with van der Waals surface area (Å²) in [6, 6.07) is 1.59. The Bertz CT molecular complexity index is 614. The maximum Gasteiger partial charge on any atom is 0.287 e. The van der Waals surface area contributed by atoms with E-state index in [0.29, 0.717) is 5.76 Å². The van der Waals surface area contributed by atoms with Crippen LogP contribution in [0.25, 0.3) is 0 Å². The predicted molar refractivity (Wildman–Crippen MR) is 67.7 cm³/mol. The second-order valence-corrected chi connectivity index (χ2v) is 4.86. The number of carbonyl (C=O) groups excluding carboxylic acids is 1. The Labute approximate surface area is 110 Å². The van der Waals surface area contributed by atoms with Crippen molar-refractivity contribution in [3.8, 4) is 0 Å². The van der Waals surface area contributed by atoms with Crippen LogP contribution in [0, 0.1) is 6.92 Å². The largest absolute Gasteiger partial charge is 0.459 e. The number of rotatable bonds is 3. The second-order valence-electron chi connectivity index (χ2n) is 4.86. The Hall–Kier alpha value is -2.11. The molecule has 6 heteroatoms. The van der Waals surface area contributed by atoms with E-state index in [9.17, 15) is 4.79 Å². The van der Waals surface area contributed by atoms with Crippen molar-refractivity contribution in [3.05, 3.63) is 35.3 Å². The van der Waals surface area contributed by atoms with Gasteiger partial charge < -0.3 is 14.3 Å². The summed E-state index contributed by atoms with van der Waals surface area (Å²) in [5.41, 5.74) is 0.830. The van der Waals surface area contributed by atoms with Crippen molar-refractivity contribution in [1.82, 2.24) is 20.1 Å². The molecule has 1 amide bonds. The summed E-state index contributed by atoms with van der Waals surface area (Å²) in [7, 11) is 0. The van der Waals surface area contributed by atoms with Crippen molar-refractivity contribution in [3.63, 3.8) is 0 Å². The molecule has 2 aromatic rings. The van der Waals surface area contributed by atoms with Gasteiger partial charge in [-0.1, -0.05) is 0 Å². The molecule has 1 aliphatic rings. The van der Waals surface area contributed by atoms with Crippen molar-refractivity contribution in [2.24, 2.45) is 0 Å². The minimum atomic E-state index is -0.217. The lowest BCUT2D eigenvalue weighted by atomic mass is 10.2. The average molecular weight is 260 g/mol. The van der Waals surface area contributed by atoms with Crippen LogP contribution in [0.15, 0.2) is 16.7 Å². The second kappa shape index (κ2) is 4.53. The molecule has 100 valence electrons. The van der Waals surface area contributed by atoms with Gasteiger partial charge in [-0.05, 0) is 26.3 Å². The Morgan fingerprint density at radius 1 is 1.53 bits per heavy atom. The van der Waals surface area contributed by atoms with Gasteiger partial charge in [0.2, 0.25) is 0 Å². The molecule has 3 heterocycles. The zero-order valence-corrected chi connectivity index (χ0v) is 11.0. The summed E-state index contributed by atoms with van der Waals surface area (Å²) in [6.07, 6.45) is 3.57. The van der Waals surface area contributed by atoms with E-state index < -0.39 is 0 Å². The molecule has 2 aromatic heterocycles. The quantitative estimate of drug-likeness (QED) is 0.910. The predicted octanol–water partition coefficient (Wildman–Crippen LogP) is 1.62. The van der Waals surface area contributed by atoms with Gasteiger partial charge in [0, 0.05) is 18.5 Å². The van der Waals surface area contributed by atoms with Crippen LogP contribution >= 0.6 is 0 Å². The molecular weight excluding hydrogens is 244 g/mol. The van der Waals surface area contributed by atoms with Gasteiger partial charge in [0.25, 0.3) is 5.91 Å². The molecule has 0 bridgehead atoms. The highest BCUT2D eigenvalue weighted by molar-refractivity contribution is 5.92. The van der Waals surface area contributed by atoms with E-state index in [1.807, 2.05) is 13.8 Å². The van der Waals surface area contributed by atoms with Crippen LogP contribution in [0.5, 0.6) is 0 Å². The highest BCUT2D eigenvalue weighted by Gasteiger charge is 2.23. The first kappa shape index (κ1) is 12.0. The van der Waals surface area contributed by atoms with E-state index in [1.54, 1.807) is 6.07 Å². The molecule has 0 aromatic carbocycles. The van der Waals surface area contributed by atoms with Crippen molar-refractivity contribution in [1.29, 1.82) is 0 Å². The molecule has 1 N–H and O–H groups in total. The number of carbonyl (C=O) groups is 1. The van der Waals surface area contributed by atoms with E-state index in [2.05, 4.69) is 20.1 Å². The van der Waals surface area contributed by atoms with Gasteiger partial charge in [-0.3, -0.25) is 4.79 Å². The Morgan fingerprint density at radius 2 is 2.37 bits per heavy atom. The average Bonchev–Trinajstić information content (AvgIpc) is 3.02. The number of fused-ring (bicyclic) bond motifs is 1. The molecule has 0 fully saturated rings. The fraction of sp³-hybridized carbons (Fsp3) is 0.462. The molecule has 1 atom stereocenters. The summed E-state index contributed by atoms with van der Waals surface area (Å²) in [6.45, 7) is 4.68. The maximum atomic E-state index is 12.1. The molecular formula is C13H16N4O2. The van der Waals surface area contributed by atoms with Gasteiger partial charge in [-0.15, -0.1) is 10.2 Å². The molecule has 1 aliphatic heterocycles. The molecule has 6 nitrogen and oxygen atoms in total. The summed E-state index contributed by atoms with van der Waals surface area (Å²) in [4.78, 5) is 12.1. The van der Waals surface area contributed by atoms with Crippen LogP contribution in [0.4, 0.5) is 0 Å². The Morgan fingerprint density at radius 3 is 3.11 bits per heavy atom. The van der Waals surface area contributed by atoms with Crippen molar-refractivity contribution < 1.29 is 9.21 Å². The first-order valence-electron chi connectivity index (χ1n) is 6.43. The topological polar surface area (TPSA) is 73.0 Å². The van der Waals surface area contributed by atoms with Crippen LogP contribution in [0.3, 0.4) is 0 Å². The van der Waals surface area contributed by atoms with Crippen LogP contribution < -0.4 is 5.32 Å². The van der Waals surface area contributed by atoms with E-state index in [4.69, 9.17) is 4.42 Å². The first-order valence-corrected chi connectivity index (χ1v) is 6.43. The van der Waals surface area contributed by atoms with Crippen molar-refractivity contribution >= 4 is 5.91 Å². The maximum absolute atomic E-state index is 12.1. The van der Waals surface area contributed by atoms with Gasteiger partial charge in [-0.2, -0.15) is 0 Å². The van der Waals surface area contributed by atoms with Crippen LogP contribution in [-0.2, 0) is 13.0 Å². The molecule has 0 saturated heterocycles. The number of hydrogen-bond donors (Lipinski definition) is 1. The molecule has 0 unspecified atom stereocenters. The van der Waals surface area contributed by atoms with E-state index >= 15 is 0 Å². The third kappa shape index (κ3) is 2.03. The Balaban J connectivity index is 1.76. The Kier molecular flexibility index (Phi) is 2.85. The molecule has 19 heavy (non-hydrogen) atoms. The fourth-order valence-corrected chi connectivity index (χ4v) is 2.43. The summed E-state index contributed by atoms with van der Waals surface area (Å²) in [5.74, 6) is 1.95. The zero-order valence-electron chi connectivity index (χ0n) is 11.0. The van der Waals surface area contributed by atoms with Crippen LogP contribution in [0.2, 0.25) is 0 Å². The number of hydrogen-bond acceptors (Lipinski definition) is 4. The molecule has 0 spiro atoms. The lowest BCUT2D eigenvalue weighted by molar-refractivity contribution is 0.0908. The first-order chi connectivity index (χ1) is 9.16. The van der Waals surface area contributed by atoms with Gasteiger partial charge in [-0.25, -0.2) is 0 Å². The highest BCUT2D eigenvalue weighted by Crippen LogP contribution is 2.19. The molecule has 0 saturated carbocycles. The third-order valence-corrected chi connectivity index (χ3v) is 3.44. The monoisotopic (exact) mass is 260 g/mol. The third-order valence-electron chi connectivity index (χ3n) is 3.44. The fourth-order valence-electron chi connectivity index (χ4n) is 2.43.